The molecule has 512 valence electrons. The fourth-order valence-corrected chi connectivity index (χ4v) is 15.8. The highest BCUT2D eigenvalue weighted by atomic mass is 35.5. The van der Waals surface area contributed by atoms with E-state index in [-0.39, 0.29) is 58.1 Å². The van der Waals surface area contributed by atoms with Crippen LogP contribution in [0.25, 0.3) is 44.5 Å². The highest BCUT2D eigenvalue weighted by molar-refractivity contribution is 6.17. The van der Waals surface area contributed by atoms with Crippen LogP contribution in [0.1, 0.15) is 201 Å². The van der Waals surface area contributed by atoms with Crippen LogP contribution in [0.15, 0.2) is 122 Å². The number of hydrogen-bond acceptors (Lipinski definition) is 10. The highest BCUT2D eigenvalue weighted by Gasteiger charge is 2.41. The van der Waals surface area contributed by atoms with Gasteiger partial charge in [-0.2, -0.15) is 0 Å². The lowest BCUT2D eigenvalue weighted by Crippen LogP contribution is -2.16. The Kier molecular flexibility index (Phi) is 24.1. The molecule has 96 heavy (non-hydrogen) atoms. The van der Waals surface area contributed by atoms with E-state index in [2.05, 4.69) is 87.5 Å². The van der Waals surface area contributed by atoms with Crippen LogP contribution < -0.4 is 18.9 Å². The number of benzene rings is 4. The molecule has 16 heteroatoms. The summed E-state index contributed by atoms with van der Waals surface area (Å²) in [6, 6.07) is 30.4. The molecule has 4 heterocycles. The minimum absolute atomic E-state index is 0.0113. The van der Waals surface area contributed by atoms with Gasteiger partial charge in [0.1, 0.15) is 23.3 Å². The van der Waals surface area contributed by atoms with Crippen LogP contribution in [0.3, 0.4) is 0 Å². The summed E-state index contributed by atoms with van der Waals surface area (Å²) in [4.78, 5) is 15.8. The zero-order chi connectivity index (χ0) is 69.3. The van der Waals surface area contributed by atoms with Gasteiger partial charge in [0, 0.05) is 58.3 Å². The monoisotopic (exact) mass is 1350 g/mol. The predicted octanol–water partition coefficient (Wildman–Crippen LogP) is 21.2. The first-order chi connectivity index (χ1) is 45.8. The van der Waals surface area contributed by atoms with Gasteiger partial charge in [0.2, 0.25) is 23.5 Å². The molecule has 12 rings (SSSR count). The zero-order valence-corrected chi connectivity index (χ0v) is 59.3. The van der Waals surface area contributed by atoms with E-state index in [0.717, 1.165) is 94.2 Å². The molecular formula is C80H94Cl2F4N4O6. The van der Waals surface area contributed by atoms with E-state index in [1.807, 2.05) is 60.7 Å². The van der Waals surface area contributed by atoms with Crippen LogP contribution in [0.4, 0.5) is 17.6 Å². The number of aliphatic hydroxyl groups is 2. The number of methoxy groups -OCH3 is 4. The van der Waals surface area contributed by atoms with E-state index in [1.54, 1.807) is 38.5 Å². The predicted molar refractivity (Wildman–Crippen MR) is 377 cm³/mol. The molecule has 0 bridgehead atoms. The molecular weight excluding hydrogens is 1260 g/mol. The third kappa shape index (κ3) is 16.5. The van der Waals surface area contributed by atoms with E-state index in [1.165, 1.54) is 88.7 Å². The number of aromatic nitrogens is 4. The van der Waals surface area contributed by atoms with Crippen LogP contribution >= 0.6 is 23.2 Å². The Morgan fingerprint density at radius 3 is 0.760 bits per heavy atom. The van der Waals surface area contributed by atoms with Crippen molar-refractivity contribution >= 4 is 23.2 Å². The molecule has 0 spiro atoms. The molecule has 0 saturated heterocycles. The molecule has 4 saturated carbocycles. The SMILES string of the molecule is COc1cc(-c2ccc(CCl)cc2[C@H]2CCCC2(C)C)c(F)cn1.COc1cc(-c2ccc(CCl)cc2[C@H]2CCCC2(C)C)c(F)cn1.COc1cc(-c2ccc(CO)cc2[C@H]2CCCC2(C)C)c(F)cn1.COc1cc(-c2ccc(CO)cc2[C@H]2CCCC2(C)C)c(F)cn1. The summed E-state index contributed by atoms with van der Waals surface area (Å²) in [6.45, 7) is 18.2. The van der Waals surface area contributed by atoms with Gasteiger partial charge < -0.3 is 29.2 Å². The van der Waals surface area contributed by atoms with E-state index in [0.29, 0.717) is 81.2 Å². The Hall–Kier alpha value is -7.10. The summed E-state index contributed by atoms with van der Waals surface area (Å²) in [6.07, 6.45) is 18.7. The minimum Gasteiger partial charge on any atom is -0.481 e. The van der Waals surface area contributed by atoms with Crippen molar-refractivity contribution in [3.63, 3.8) is 0 Å². The third-order valence-electron chi connectivity index (χ3n) is 21.0. The molecule has 10 nitrogen and oxygen atoms in total. The molecule has 0 amide bonds. The van der Waals surface area contributed by atoms with Gasteiger partial charge in [-0.1, -0.05) is 154 Å². The first-order valence-electron chi connectivity index (χ1n) is 33.5. The lowest BCUT2D eigenvalue weighted by molar-refractivity contribution is 0.281. The average molecular weight is 1350 g/mol. The van der Waals surface area contributed by atoms with Crippen molar-refractivity contribution in [3.8, 4) is 68.0 Å². The smallest absolute Gasteiger partial charge is 0.213 e. The van der Waals surface area contributed by atoms with Crippen LogP contribution in [0.5, 0.6) is 23.5 Å². The van der Waals surface area contributed by atoms with Gasteiger partial charge in [0.15, 0.2) is 0 Å². The van der Waals surface area contributed by atoms with Gasteiger partial charge in [-0.05, 0) is 163 Å². The number of nitrogens with zero attached hydrogens (tertiary/aromatic N) is 4. The van der Waals surface area contributed by atoms with Gasteiger partial charge in [-0.3, -0.25) is 0 Å². The fraction of sp³-hybridized carbons (Fsp3) is 0.450. The van der Waals surface area contributed by atoms with Crippen molar-refractivity contribution in [1.29, 1.82) is 0 Å². The number of ether oxygens (including phenoxy) is 4. The normalized spacial score (nSPS) is 19.5. The summed E-state index contributed by atoms with van der Waals surface area (Å²) >= 11 is 12.1. The fourth-order valence-electron chi connectivity index (χ4n) is 15.5. The molecule has 4 aromatic carbocycles. The van der Waals surface area contributed by atoms with Crippen molar-refractivity contribution in [3.05, 3.63) is 190 Å². The summed E-state index contributed by atoms with van der Waals surface area (Å²) in [5.41, 5.74) is 14.8. The average Bonchev–Trinajstić information content (AvgIpc) is 1.39. The molecule has 0 aliphatic heterocycles. The number of alkyl halides is 2. The number of rotatable bonds is 16. The lowest BCUT2D eigenvalue weighted by atomic mass is 9.75. The summed E-state index contributed by atoms with van der Waals surface area (Å²) in [7, 11) is 6.14. The Bertz CT molecular complexity index is 3480. The summed E-state index contributed by atoms with van der Waals surface area (Å²) < 4.78 is 78.6. The van der Waals surface area contributed by atoms with Gasteiger partial charge in [-0.15, -0.1) is 23.2 Å². The van der Waals surface area contributed by atoms with Crippen molar-refractivity contribution in [2.45, 2.75) is 181 Å². The molecule has 0 unspecified atom stereocenters. The lowest BCUT2D eigenvalue weighted by Gasteiger charge is -2.29. The maximum Gasteiger partial charge on any atom is 0.213 e. The second-order valence-electron chi connectivity index (χ2n) is 28.8. The Morgan fingerprint density at radius 1 is 0.354 bits per heavy atom. The number of halogens is 6. The van der Waals surface area contributed by atoms with Crippen LogP contribution in [-0.2, 0) is 25.0 Å². The molecule has 4 aliphatic carbocycles. The molecule has 4 aromatic heterocycles. The molecule has 0 radical (unpaired) electrons. The Labute approximate surface area is 575 Å². The van der Waals surface area contributed by atoms with Crippen LogP contribution in [0.2, 0.25) is 0 Å². The number of hydrogen-bond donors (Lipinski definition) is 2. The van der Waals surface area contributed by atoms with E-state index in [4.69, 9.17) is 42.1 Å². The van der Waals surface area contributed by atoms with Crippen molar-refractivity contribution in [2.24, 2.45) is 21.7 Å². The third-order valence-corrected chi connectivity index (χ3v) is 21.6. The number of pyridine rings is 4. The quantitative estimate of drug-likeness (QED) is 0.0713. The first-order valence-corrected chi connectivity index (χ1v) is 34.6. The van der Waals surface area contributed by atoms with Crippen LogP contribution in [-0.4, -0.2) is 58.6 Å². The second kappa shape index (κ2) is 31.6. The van der Waals surface area contributed by atoms with E-state index < -0.39 is 0 Å². The van der Waals surface area contributed by atoms with Gasteiger partial charge >= 0.3 is 0 Å². The van der Waals surface area contributed by atoms with Gasteiger partial charge in [0.25, 0.3) is 0 Å². The second-order valence-corrected chi connectivity index (χ2v) is 29.4. The standard InChI is InChI=1S/2C20H23ClFNO.2C20H24FNO2/c2*1-20(2)8-4-5-17(20)15-9-13(11-21)6-7-14(15)16-10-19(24-3)23-12-18(16)22;2*1-20(2)8-4-5-17(20)15-9-13(12-23)6-7-14(15)16-10-19(24-3)22-11-18(16)21/h2*6-7,9-10,12,17H,4-5,8,11H2,1-3H3;2*6-7,9-11,17,23H,4-5,8,12H2,1-3H3/t4*17-/m1111/s1. The largest absolute Gasteiger partial charge is 0.481 e. The maximum atomic E-state index is 14.5. The molecule has 8 aromatic rings. The topological polar surface area (TPSA) is 129 Å². The highest BCUT2D eigenvalue weighted by Crippen LogP contribution is 2.55. The molecule has 2 N–H and O–H groups in total. The van der Waals surface area contributed by atoms with Gasteiger partial charge in [-0.25, -0.2) is 37.5 Å². The zero-order valence-electron chi connectivity index (χ0n) is 57.8. The van der Waals surface area contributed by atoms with Crippen LogP contribution in [0, 0.1) is 44.9 Å². The van der Waals surface area contributed by atoms with E-state index in [9.17, 15) is 27.8 Å². The maximum absolute atomic E-state index is 14.5. The number of aliphatic hydroxyl groups excluding tert-OH is 2. The van der Waals surface area contributed by atoms with E-state index >= 15 is 0 Å². The van der Waals surface area contributed by atoms with Gasteiger partial charge in [0.05, 0.1) is 66.4 Å². The molecule has 4 fully saturated rings. The minimum atomic E-state index is -0.357. The molecule has 4 aliphatic rings. The Morgan fingerprint density at radius 2 is 0.573 bits per heavy atom. The summed E-state index contributed by atoms with van der Waals surface area (Å²) in [5, 5.41) is 19.1. The van der Waals surface area contributed by atoms with Crippen molar-refractivity contribution < 1.29 is 46.7 Å². The summed E-state index contributed by atoms with van der Waals surface area (Å²) in [5.74, 6) is 2.67. The molecule has 4 atom stereocenters. The Balaban J connectivity index is 0.000000150. The van der Waals surface area contributed by atoms with Crippen molar-refractivity contribution in [1.82, 2.24) is 19.9 Å². The first kappa shape index (κ1) is 73.2. The van der Waals surface area contributed by atoms with Crippen molar-refractivity contribution in [2.75, 3.05) is 28.4 Å².